The minimum absolute atomic E-state index is 0.0744. The Morgan fingerprint density at radius 2 is 1.78 bits per heavy atom. The number of amides is 1. The molecule has 27 heavy (non-hydrogen) atoms. The summed E-state index contributed by atoms with van der Waals surface area (Å²) in [4.78, 5) is 14.2. The lowest BCUT2D eigenvalue weighted by atomic mass is 10.2. The summed E-state index contributed by atoms with van der Waals surface area (Å²) in [7, 11) is -0.758. The molecule has 0 saturated carbocycles. The van der Waals surface area contributed by atoms with Gasteiger partial charge in [0, 0.05) is 20.1 Å². The molecule has 146 valence electrons. The molecule has 0 N–H and O–H groups in total. The molecule has 7 heteroatoms. The van der Waals surface area contributed by atoms with Crippen LogP contribution in [0.3, 0.4) is 0 Å². The largest absolute Gasteiger partial charge is 0.495 e. The lowest BCUT2D eigenvalue weighted by Gasteiger charge is -2.24. The van der Waals surface area contributed by atoms with Crippen molar-refractivity contribution in [1.29, 1.82) is 0 Å². The summed E-state index contributed by atoms with van der Waals surface area (Å²) in [5, 5.41) is 0. The van der Waals surface area contributed by atoms with Crippen LogP contribution in [0, 0.1) is 6.92 Å². The Labute approximate surface area is 161 Å². The fraction of sp³-hybridized carbons (Fsp3) is 0.350. The number of ether oxygens (including phenoxy) is 1. The molecule has 0 radical (unpaired) electrons. The van der Waals surface area contributed by atoms with Crippen LogP contribution in [0.15, 0.2) is 53.4 Å². The second-order valence-corrected chi connectivity index (χ2v) is 8.23. The van der Waals surface area contributed by atoms with E-state index in [9.17, 15) is 13.2 Å². The van der Waals surface area contributed by atoms with Crippen LogP contribution in [-0.4, -0.2) is 50.8 Å². The second kappa shape index (κ2) is 9.01. The maximum atomic E-state index is 13.1. The number of hydrogen-bond donors (Lipinski definition) is 0. The molecule has 0 aliphatic heterocycles. The summed E-state index contributed by atoms with van der Waals surface area (Å²) in [6.07, 6.45) is 0. The zero-order valence-electron chi connectivity index (χ0n) is 16.2. The lowest BCUT2D eigenvalue weighted by molar-refractivity contribution is -0.130. The van der Waals surface area contributed by atoms with Crippen molar-refractivity contribution in [3.05, 3.63) is 59.7 Å². The molecule has 0 unspecified atom stereocenters. The normalized spacial score (nSPS) is 11.4. The van der Waals surface area contributed by atoms with E-state index in [1.165, 1.54) is 16.3 Å². The van der Waals surface area contributed by atoms with Crippen LogP contribution in [0.25, 0.3) is 0 Å². The highest BCUT2D eigenvalue weighted by atomic mass is 32.2. The first kappa shape index (κ1) is 20.9. The molecule has 2 rings (SSSR count). The fourth-order valence-electron chi connectivity index (χ4n) is 2.71. The topological polar surface area (TPSA) is 66.9 Å². The molecule has 0 atom stereocenters. The minimum Gasteiger partial charge on any atom is -0.495 e. The second-order valence-electron chi connectivity index (χ2n) is 6.32. The van der Waals surface area contributed by atoms with Gasteiger partial charge in [0.15, 0.2) is 0 Å². The van der Waals surface area contributed by atoms with Gasteiger partial charge >= 0.3 is 0 Å². The zero-order chi connectivity index (χ0) is 20.0. The van der Waals surface area contributed by atoms with E-state index in [-0.39, 0.29) is 29.6 Å². The highest BCUT2D eigenvalue weighted by Crippen LogP contribution is 2.27. The van der Waals surface area contributed by atoms with Gasteiger partial charge in [0.05, 0.1) is 13.7 Å². The smallest absolute Gasteiger partial charge is 0.247 e. The van der Waals surface area contributed by atoms with Crippen molar-refractivity contribution < 1.29 is 17.9 Å². The lowest BCUT2D eigenvalue weighted by Crippen LogP contribution is -2.41. The van der Waals surface area contributed by atoms with E-state index in [2.05, 4.69) is 0 Å². The standard InChI is InChI=1S/C20H26N2O4S/c1-5-22(15-20(23)21(3)14-17-9-7-6-8-10-17)27(24,25)19-13-16(2)11-12-18(19)26-4/h6-13H,5,14-15H2,1-4H3. The van der Waals surface area contributed by atoms with Crippen LogP contribution in [0.1, 0.15) is 18.1 Å². The van der Waals surface area contributed by atoms with Crippen molar-refractivity contribution in [3.63, 3.8) is 0 Å². The van der Waals surface area contributed by atoms with Crippen molar-refractivity contribution in [2.45, 2.75) is 25.3 Å². The third kappa shape index (κ3) is 5.08. The van der Waals surface area contributed by atoms with Crippen LogP contribution in [0.2, 0.25) is 0 Å². The number of rotatable bonds is 8. The SMILES string of the molecule is CCN(CC(=O)N(C)Cc1ccccc1)S(=O)(=O)c1cc(C)ccc1OC. The van der Waals surface area contributed by atoms with Crippen molar-refractivity contribution in [2.24, 2.45) is 0 Å². The summed E-state index contributed by atoms with van der Waals surface area (Å²) >= 11 is 0. The average Bonchev–Trinajstić information content (AvgIpc) is 2.66. The summed E-state index contributed by atoms with van der Waals surface area (Å²) in [5.74, 6) is 0.0000343. The molecule has 0 spiro atoms. The molecule has 0 aliphatic rings. The Hall–Kier alpha value is -2.38. The van der Waals surface area contributed by atoms with Crippen LogP contribution in [-0.2, 0) is 21.4 Å². The number of nitrogens with zero attached hydrogens (tertiary/aromatic N) is 2. The third-order valence-electron chi connectivity index (χ3n) is 4.29. The number of carbonyl (C=O) groups excluding carboxylic acids is 1. The Morgan fingerprint density at radius 1 is 1.11 bits per heavy atom. The van der Waals surface area contributed by atoms with Crippen LogP contribution in [0.4, 0.5) is 0 Å². The summed E-state index contributed by atoms with van der Waals surface area (Å²) in [5.41, 5.74) is 1.79. The van der Waals surface area contributed by atoms with Gasteiger partial charge in [0.2, 0.25) is 15.9 Å². The van der Waals surface area contributed by atoms with Crippen molar-refractivity contribution in [2.75, 3.05) is 27.2 Å². The first-order chi connectivity index (χ1) is 12.8. The van der Waals surface area contributed by atoms with Gasteiger partial charge in [0.25, 0.3) is 0 Å². The molecule has 1 amide bonds. The molecule has 0 heterocycles. The molecule has 0 bridgehead atoms. The summed E-state index contributed by atoms with van der Waals surface area (Å²) in [6.45, 7) is 3.91. The highest BCUT2D eigenvalue weighted by Gasteiger charge is 2.29. The number of aryl methyl sites for hydroxylation is 1. The number of likely N-dealkylation sites (N-methyl/N-ethyl adjacent to an activating group) is 2. The van der Waals surface area contributed by atoms with Gasteiger partial charge in [-0.3, -0.25) is 4.79 Å². The highest BCUT2D eigenvalue weighted by molar-refractivity contribution is 7.89. The van der Waals surface area contributed by atoms with E-state index in [0.717, 1.165) is 11.1 Å². The first-order valence-corrected chi connectivity index (χ1v) is 10.2. The Kier molecular flexibility index (Phi) is 6.98. The number of methoxy groups -OCH3 is 1. The molecule has 0 aromatic heterocycles. The van der Waals surface area contributed by atoms with Gasteiger partial charge in [-0.25, -0.2) is 8.42 Å². The molecule has 2 aromatic rings. The number of sulfonamides is 1. The van der Waals surface area contributed by atoms with E-state index < -0.39 is 10.0 Å². The molecule has 6 nitrogen and oxygen atoms in total. The van der Waals surface area contributed by atoms with E-state index in [4.69, 9.17) is 4.74 Å². The molecular formula is C20H26N2O4S. The Morgan fingerprint density at radius 3 is 2.37 bits per heavy atom. The predicted molar refractivity (Wildman–Crippen MR) is 105 cm³/mol. The van der Waals surface area contributed by atoms with Gasteiger partial charge in [-0.2, -0.15) is 4.31 Å². The predicted octanol–water partition coefficient (Wildman–Crippen LogP) is 2.67. The number of benzene rings is 2. The minimum atomic E-state index is -3.86. The summed E-state index contributed by atoms with van der Waals surface area (Å²) < 4.78 is 32.6. The van der Waals surface area contributed by atoms with Crippen molar-refractivity contribution in [1.82, 2.24) is 9.21 Å². The van der Waals surface area contributed by atoms with E-state index in [0.29, 0.717) is 6.54 Å². The Balaban J connectivity index is 2.20. The van der Waals surface area contributed by atoms with Crippen LogP contribution in [0.5, 0.6) is 5.75 Å². The zero-order valence-corrected chi connectivity index (χ0v) is 17.0. The molecule has 0 saturated heterocycles. The summed E-state index contributed by atoms with van der Waals surface area (Å²) in [6, 6.07) is 14.5. The van der Waals surface area contributed by atoms with Gasteiger partial charge in [-0.1, -0.05) is 43.3 Å². The van der Waals surface area contributed by atoms with E-state index >= 15 is 0 Å². The maximum absolute atomic E-state index is 13.1. The Bertz CT molecular complexity index is 882. The van der Waals surface area contributed by atoms with Gasteiger partial charge in [0.1, 0.15) is 10.6 Å². The molecule has 0 fully saturated rings. The van der Waals surface area contributed by atoms with Crippen LogP contribution < -0.4 is 4.74 Å². The van der Waals surface area contributed by atoms with Gasteiger partial charge in [-0.15, -0.1) is 0 Å². The number of hydrogen-bond acceptors (Lipinski definition) is 4. The van der Waals surface area contributed by atoms with Crippen molar-refractivity contribution >= 4 is 15.9 Å². The van der Waals surface area contributed by atoms with Crippen molar-refractivity contribution in [3.8, 4) is 5.75 Å². The molecule has 2 aromatic carbocycles. The van der Waals surface area contributed by atoms with Gasteiger partial charge < -0.3 is 9.64 Å². The fourth-order valence-corrected chi connectivity index (χ4v) is 4.35. The maximum Gasteiger partial charge on any atom is 0.247 e. The number of carbonyl (C=O) groups is 1. The first-order valence-electron chi connectivity index (χ1n) is 8.72. The van der Waals surface area contributed by atoms with E-state index in [1.54, 1.807) is 32.2 Å². The van der Waals surface area contributed by atoms with Gasteiger partial charge in [-0.05, 0) is 30.2 Å². The monoisotopic (exact) mass is 390 g/mol. The third-order valence-corrected chi connectivity index (χ3v) is 6.23. The quantitative estimate of drug-likeness (QED) is 0.695. The average molecular weight is 391 g/mol. The van der Waals surface area contributed by atoms with Crippen LogP contribution >= 0.6 is 0 Å². The van der Waals surface area contributed by atoms with E-state index in [1.807, 2.05) is 37.3 Å². The molecule has 0 aliphatic carbocycles. The molecular weight excluding hydrogens is 364 g/mol.